The fourth-order valence-corrected chi connectivity index (χ4v) is 5.19. The molecule has 0 aliphatic heterocycles. The maximum absolute atomic E-state index is 12.7. The molecule has 4 heteroatoms. The van der Waals surface area contributed by atoms with Crippen LogP contribution in [0.4, 0.5) is 0 Å². The average molecular weight is 457 g/mol. The lowest BCUT2D eigenvalue weighted by Crippen LogP contribution is -1.92. The molecule has 0 aliphatic rings. The molecule has 0 atom stereocenters. The Labute approximate surface area is 197 Å². The largest absolute Gasteiger partial charge is 0.496 e. The summed E-state index contributed by atoms with van der Waals surface area (Å²) in [6, 6.07) is 30.7. The second-order valence-corrected chi connectivity index (χ2v) is 9.52. The van der Waals surface area contributed by atoms with Gasteiger partial charge < -0.3 is 4.74 Å². The van der Waals surface area contributed by atoms with E-state index in [2.05, 4.69) is 30.3 Å². The summed E-state index contributed by atoms with van der Waals surface area (Å²) in [6.45, 7) is 0. The minimum atomic E-state index is 0.0250. The molecule has 0 bridgehead atoms. The topological polar surface area (TPSA) is 26.3 Å². The molecule has 0 unspecified atom stereocenters. The smallest absolute Gasteiger partial charge is 0.195 e. The van der Waals surface area contributed by atoms with Crippen LogP contribution in [0.15, 0.2) is 102 Å². The second-order valence-electron chi connectivity index (χ2n) is 7.30. The van der Waals surface area contributed by atoms with Crippen molar-refractivity contribution >= 4 is 35.0 Å². The SMILES string of the molecule is COc1cc(/C=C/C(=O)c2ccc(Cc3ccccc3)s2)ccc1CSc1ccccc1. The normalized spacial score (nSPS) is 11.0. The van der Waals surface area contributed by atoms with Crippen molar-refractivity contribution < 1.29 is 9.53 Å². The van der Waals surface area contributed by atoms with E-state index < -0.39 is 0 Å². The van der Waals surface area contributed by atoms with Crippen LogP contribution in [0.2, 0.25) is 0 Å². The van der Waals surface area contributed by atoms with E-state index in [9.17, 15) is 4.79 Å². The van der Waals surface area contributed by atoms with Crippen LogP contribution >= 0.6 is 23.1 Å². The number of thiophene rings is 1. The van der Waals surface area contributed by atoms with Gasteiger partial charge in [-0.3, -0.25) is 4.79 Å². The van der Waals surface area contributed by atoms with Gasteiger partial charge in [0.05, 0.1) is 12.0 Å². The Morgan fingerprint density at radius 3 is 2.44 bits per heavy atom. The molecule has 32 heavy (non-hydrogen) atoms. The van der Waals surface area contributed by atoms with Crippen LogP contribution in [0, 0.1) is 0 Å². The first-order valence-electron chi connectivity index (χ1n) is 10.4. The quantitative estimate of drug-likeness (QED) is 0.148. The molecule has 1 aromatic heterocycles. The number of hydrogen-bond acceptors (Lipinski definition) is 4. The lowest BCUT2D eigenvalue weighted by atomic mass is 10.1. The van der Waals surface area contributed by atoms with Gasteiger partial charge in [-0.15, -0.1) is 23.1 Å². The summed E-state index contributed by atoms with van der Waals surface area (Å²) in [5, 5.41) is 0. The monoisotopic (exact) mass is 456 g/mol. The molecule has 0 fully saturated rings. The molecule has 0 radical (unpaired) electrons. The van der Waals surface area contributed by atoms with Crippen LogP contribution in [-0.4, -0.2) is 12.9 Å². The predicted molar refractivity (Wildman–Crippen MR) is 136 cm³/mol. The maximum Gasteiger partial charge on any atom is 0.195 e. The van der Waals surface area contributed by atoms with Crippen LogP contribution in [0.25, 0.3) is 6.08 Å². The zero-order valence-electron chi connectivity index (χ0n) is 17.9. The molecule has 1 heterocycles. The summed E-state index contributed by atoms with van der Waals surface area (Å²) >= 11 is 3.33. The second kappa shape index (κ2) is 11.0. The summed E-state index contributed by atoms with van der Waals surface area (Å²) in [7, 11) is 1.69. The van der Waals surface area contributed by atoms with E-state index in [-0.39, 0.29) is 5.78 Å². The summed E-state index contributed by atoms with van der Waals surface area (Å²) in [4.78, 5) is 15.8. The van der Waals surface area contributed by atoms with Crippen molar-refractivity contribution in [3.63, 3.8) is 0 Å². The number of rotatable bonds is 9. The van der Waals surface area contributed by atoms with Crippen molar-refractivity contribution in [1.29, 1.82) is 0 Å². The van der Waals surface area contributed by atoms with Crippen molar-refractivity contribution in [1.82, 2.24) is 0 Å². The molecular weight excluding hydrogens is 432 g/mol. The molecule has 2 nitrogen and oxygen atoms in total. The summed E-state index contributed by atoms with van der Waals surface area (Å²) in [5.41, 5.74) is 3.33. The van der Waals surface area contributed by atoms with E-state index in [1.54, 1.807) is 36.3 Å². The number of hydrogen-bond donors (Lipinski definition) is 0. The van der Waals surface area contributed by atoms with Crippen molar-refractivity contribution in [2.45, 2.75) is 17.1 Å². The van der Waals surface area contributed by atoms with Gasteiger partial charge >= 0.3 is 0 Å². The van der Waals surface area contributed by atoms with E-state index >= 15 is 0 Å². The highest BCUT2D eigenvalue weighted by molar-refractivity contribution is 7.98. The van der Waals surface area contributed by atoms with E-state index in [0.717, 1.165) is 33.9 Å². The van der Waals surface area contributed by atoms with Gasteiger partial charge in [-0.2, -0.15) is 0 Å². The van der Waals surface area contributed by atoms with Gasteiger partial charge in [0.15, 0.2) is 5.78 Å². The number of ether oxygens (including phenoxy) is 1. The van der Waals surface area contributed by atoms with Crippen molar-refractivity contribution in [3.8, 4) is 5.75 Å². The van der Waals surface area contributed by atoms with Gasteiger partial charge in [0.1, 0.15) is 5.75 Å². The van der Waals surface area contributed by atoms with Crippen LogP contribution < -0.4 is 4.74 Å². The zero-order valence-corrected chi connectivity index (χ0v) is 19.5. The van der Waals surface area contributed by atoms with Gasteiger partial charge in [0.25, 0.3) is 0 Å². The van der Waals surface area contributed by atoms with E-state index in [1.165, 1.54) is 15.3 Å². The molecular formula is C28H24O2S2. The summed E-state index contributed by atoms with van der Waals surface area (Å²) < 4.78 is 5.60. The number of methoxy groups -OCH3 is 1. The first-order chi connectivity index (χ1) is 15.7. The number of carbonyl (C=O) groups is 1. The van der Waals surface area contributed by atoms with Crippen molar-refractivity contribution in [3.05, 3.63) is 124 Å². The van der Waals surface area contributed by atoms with Crippen LogP contribution in [-0.2, 0) is 12.2 Å². The Kier molecular flexibility index (Phi) is 7.59. The first-order valence-corrected chi connectivity index (χ1v) is 12.2. The van der Waals surface area contributed by atoms with Crippen LogP contribution in [0.1, 0.15) is 31.2 Å². The maximum atomic E-state index is 12.7. The highest BCUT2D eigenvalue weighted by Gasteiger charge is 2.08. The lowest BCUT2D eigenvalue weighted by Gasteiger charge is -2.09. The molecule has 160 valence electrons. The Hall–Kier alpha value is -3.08. The highest BCUT2D eigenvalue weighted by Crippen LogP contribution is 2.29. The van der Waals surface area contributed by atoms with Gasteiger partial charge in [-0.25, -0.2) is 0 Å². The molecule has 0 saturated carbocycles. The Morgan fingerprint density at radius 2 is 1.69 bits per heavy atom. The number of ketones is 1. The third kappa shape index (κ3) is 6.00. The van der Waals surface area contributed by atoms with Crippen molar-refractivity contribution in [2.24, 2.45) is 0 Å². The predicted octanol–water partition coefficient (Wildman–Crippen LogP) is 7.54. The first kappa shape index (κ1) is 22.1. The van der Waals surface area contributed by atoms with E-state index in [4.69, 9.17) is 4.74 Å². The number of carbonyl (C=O) groups excluding carboxylic acids is 1. The lowest BCUT2D eigenvalue weighted by molar-refractivity contribution is 0.105. The molecule has 3 aromatic carbocycles. The highest BCUT2D eigenvalue weighted by atomic mass is 32.2. The fourth-order valence-electron chi connectivity index (χ4n) is 3.32. The van der Waals surface area contributed by atoms with Crippen LogP contribution in [0.5, 0.6) is 5.75 Å². The van der Waals surface area contributed by atoms with Crippen molar-refractivity contribution in [2.75, 3.05) is 7.11 Å². The summed E-state index contributed by atoms with van der Waals surface area (Å²) in [5.74, 6) is 1.69. The van der Waals surface area contributed by atoms with E-state index in [1.807, 2.05) is 66.7 Å². The molecule has 0 spiro atoms. The van der Waals surface area contributed by atoms with Gasteiger partial charge in [-0.1, -0.05) is 66.7 Å². The molecule has 0 saturated heterocycles. The van der Waals surface area contributed by atoms with Gasteiger partial charge in [-0.05, 0) is 47.5 Å². The Balaban J connectivity index is 1.40. The van der Waals surface area contributed by atoms with Gasteiger partial charge in [0, 0.05) is 27.5 Å². The Bertz CT molecular complexity index is 1190. The minimum Gasteiger partial charge on any atom is -0.496 e. The van der Waals surface area contributed by atoms with Gasteiger partial charge in [0.2, 0.25) is 0 Å². The van der Waals surface area contributed by atoms with Crippen LogP contribution in [0.3, 0.4) is 0 Å². The molecule has 4 aromatic rings. The average Bonchev–Trinajstić information content (AvgIpc) is 3.31. The molecule has 4 rings (SSSR count). The zero-order chi connectivity index (χ0) is 22.2. The molecule has 0 N–H and O–H groups in total. The standard InChI is InChI=1S/C28H24O2S2/c1-30-27-19-22(12-14-23(27)20-31-24-10-6-3-7-11-24)13-16-26(29)28-17-15-25(32-28)18-21-8-4-2-5-9-21/h2-17,19H,18,20H2,1H3/b16-13+. The third-order valence-electron chi connectivity index (χ3n) is 5.00. The number of thioether (sulfide) groups is 1. The Morgan fingerprint density at radius 1 is 0.938 bits per heavy atom. The number of benzene rings is 3. The fraction of sp³-hybridized carbons (Fsp3) is 0.107. The minimum absolute atomic E-state index is 0.0250. The van der Waals surface area contributed by atoms with E-state index in [0.29, 0.717) is 0 Å². The molecule has 0 amide bonds. The summed E-state index contributed by atoms with van der Waals surface area (Å²) in [6.07, 6.45) is 4.35. The molecule has 0 aliphatic carbocycles. The number of allylic oxidation sites excluding steroid dienone is 1. The third-order valence-corrected chi connectivity index (χ3v) is 7.16.